The van der Waals surface area contributed by atoms with Gasteiger partial charge in [-0.2, -0.15) is 0 Å². The molecule has 1 N–H and O–H groups in total. The van der Waals surface area contributed by atoms with Gasteiger partial charge in [-0.1, -0.05) is 23.7 Å². The first-order chi connectivity index (χ1) is 12.0. The van der Waals surface area contributed by atoms with E-state index in [1.54, 1.807) is 48.1 Å². The number of aromatic nitrogens is 2. The zero-order valence-electron chi connectivity index (χ0n) is 13.5. The fraction of sp³-hybridized carbons (Fsp3) is 0.167. The molecule has 128 valence electrons. The van der Waals surface area contributed by atoms with Gasteiger partial charge in [0.25, 0.3) is 5.91 Å². The number of hydrogen-bond donors (Lipinski definition) is 1. The number of fused-ring (bicyclic) bond motifs is 1. The molecule has 0 saturated heterocycles. The minimum atomic E-state index is -0.850. The Bertz CT molecular complexity index is 952. The Labute approximate surface area is 149 Å². The van der Waals surface area contributed by atoms with E-state index < -0.39 is 5.97 Å². The standard InChI is InChI=1S/C18H16ClN3O3/c1-21(14-4-2-3-12(9-14)5-6-16(23)24)18(25)17-20-11-15-10-13(19)7-8-22(15)17/h2-4,7-11H,5-6H2,1H3,(H,23,24). The normalized spacial score (nSPS) is 10.8. The molecule has 0 radical (unpaired) electrons. The molecule has 0 unspecified atom stereocenters. The summed E-state index contributed by atoms with van der Waals surface area (Å²) in [5.41, 5.74) is 2.28. The van der Waals surface area contributed by atoms with E-state index in [1.807, 2.05) is 12.1 Å². The van der Waals surface area contributed by atoms with Crippen molar-refractivity contribution in [2.45, 2.75) is 12.8 Å². The Morgan fingerprint density at radius 2 is 2.08 bits per heavy atom. The number of carboxylic acids is 1. The van der Waals surface area contributed by atoms with Gasteiger partial charge < -0.3 is 10.0 Å². The lowest BCUT2D eigenvalue weighted by atomic mass is 10.1. The zero-order chi connectivity index (χ0) is 18.0. The number of pyridine rings is 1. The minimum absolute atomic E-state index is 0.0484. The lowest BCUT2D eigenvalue weighted by molar-refractivity contribution is -0.136. The van der Waals surface area contributed by atoms with Gasteiger partial charge in [-0.25, -0.2) is 4.98 Å². The second-order valence-corrected chi connectivity index (χ2v) is 6.09. The fourth-order valence-electron chi connectivity index (χ4n) is 2.57. The van der Waals surface area contributed by atoms with E-state index >= 15 is 0 Å². The summed E-state index contributed by atoms with van der Waals surface area (Å²) in [6.07, 6.45) is 3.76. The third kappa shape index (κ3) is 3.64. The average molecular weight is 358 g/mol. The fourth-order valence-corrected chi connectivity index (χ4v) is 2.74. The molecule has 0 aliphatic rings. The van der Waals surface area contributed by atoms with E-state index in [1.165, 1.54) is 4.90 Å². The maximum Gasteiger partial charge on any atom is 0.303 e. The number of carbonyl (C=O) groups excluding carboxylic acids is 1. The second-order valence-electron chi connectivity index (χ2n) is 5.65. The maximum atomic E-state index is 12.8. The predicted molar refractivity (Wildman–Crippen MR) is 95.3 cm³/mol. The topological polar surface area (TPSA) is 74.9 Å². The molecule has 6 nitrogen and oxygen atoms in total. The maximum absolute atomic E-state index is 12.8. The van der Waals surface area contributed by atoms with Crippen molar-refractivity contribution in [3.05, 3.63) is 65.2 Å². The van der Waals surface area contributed by atoms with Crippen molar-refractivity contribution in [1.82, 2.24) is 9.38 Å². The second kappa shape index (κ2) is 6.94. The summed E-state index contributed by atoms with van der Waals surface area (Å²) in [5.74, 6) is -0.833. The SMILES string of the molecule is CN(C(=O)c1ncc2cc(Cl)ccn12)c1cccc(CCC(=O)O)c1. The van der Waals surface area contributed by atoms with Crippen molar-refractivity contribution in [2.75, 3.05) is 11.9 Å². The van der Waals surface area contributed by atoms with Crippen molar-refractivity contribution in [1.29, 1.82) is 0 Å². The van der Waals surface area contributed by atoms with Crippen LogP contribution in [0.5, 0.6) is 0 Å². The third-order valence-corrected chi connectivity index (χ3v) is 4.15. The number of anilines is 1. The molecule has 25 heavy (non-hydrogen) atoms. The van der Waals surface area contributed by atoms with Gasteiger partial charge in [-0.15, -0.1) is 0 Å². The van der Waals surface area contributed by atoms with Gasteiger partial charge in [0.2, 0.25) is 5.82 Å². The molecule has 0 aliphatic carbocycles. The van der Waals surface area contributed by atoms with Crippen LogP contribution in [0.25, 0.3) is 5.52 Å². The average Bonchev–Trinajstić information content (AvgIpc) is 3.01. The van der Waals surface area contributed by atoms with Crippen molar-refractivity contribution in [3.63, 3.8) is 0 Å². The van der Waals surface area contributed by atoms with Crippen molar-refractivity contribution in [3.8, 4) is 0 Å². The van der Waals surface area contributed by atoms with Crippen LogP contribution in [0.4, 0.5) is 5.69 Å². The molecule has 2 aromatic heterocycles. The number of aryl methyl sites for hydroxylation is 1. The Kier molecular flexibility index (Phi) is 4.72. The van der Waals surface area contributed by atoms with E-state index in [-0.39, 0.29) is 18.2 Å². The first kappa shape index (κ1) is 17.0. The number of carbonyl (C=O) groups is 2. The number of carboxylic acid groups (broad SMARTS) is 1. The van der Waals surface area contributed by atoms with Crippen molar-refractivity contribution in [2.24, 2.45) is 0 Å². The number of nitrogens with zero attached hydrogens (tertiary/aromatic N) is 3. The molecule has 1 amide bonds. The largest absolute Gasteiger partial charge is 0.481 e. The lowest BCUT2D eigenvalue weighted by Gasteiger charge is -2.17. The van der Waals surface area contributed by atoms with Gasteiger partial charge >= 0.3 is 5.97 Å². The molecular weight excluding hydrogens is 342 g/mol. The van der Waals surface area contributed by atoms with Gasteiger partial charge in [-0.3, -0.25) is 14.0 Å². The molecule has 2 heterocycles. The van der Waals surface area contributed by atoms with Crippen LogP contribution in [-0.4, -0.2) is 33.4 Å². The van der Waals surface area contributed by atoms with E-state index in [2.05, 4.69) is 4.98 Å². The van der Waals surface area contributed by atoms with Crippen LogP contribution >= 0.6 is 11.6 Å². The monoisotopic (exact) mass is 357 g/mol. The molecule has 0 atom stereocenters. The highest BCUT2D eigenvalue weighted by Crippen LogP contribution is 2.20. The van der Waals surface area contributed by atoms with Crippen LogP contribution in [0.15, 0.2) is 48.8 Å². The summed E-state index contributed by atoms with van der Waals surface area (Å²) in [6, 6.07) is 10.7. The lowest BCUT2D eigenvalue weighted by Crippen LogP contribution is -2.28. The molecule has 0 aliphatic heterocycles. The van der Waals surface area contributed by atoms with Crippen LogP contribution in [0, 0.1) is 0 Å². The molecule has 0 spiro atoms. The molecule has 3 rings (SSSR count). The molecule has 0 fully saturated rings. The van der Waals surface area contributed by atoms with E-state index in [9.17, 15) is 9.59 Å². The van der Waals surface area contributed by atoms with Crippen LogP contribution in [-0.2, 0) is 11.2 Å². The van der Waals surface area contributed by atoms with Crippen LogP contribution in [0.2, 0.25) is 5.02 Å². The van der Waals surface area contributed by atoms with E-state index in [0.29, 0.717) is 17.1 Å². The number of benzene rings is 1. The predicted octanol–water partition coefficient (Wildman–Crippen LogP) is 3.28. The molecule has 0 bridgehead atoms. The number of rotatable bonds is 5. The first-order valence-corrected chi connectivity index (χ1v) is 8.05. The quantitative estimate of drug-likeness (QED) is 0.760. The summed E-state index contributed by atoms with van der Waals surface area (Å²) >= 11 is 5.96. The third-order valence-electron chi connectivity index (χ3n) is 3.92. The summed E-state index contributed by atoms with van der Waals surface area (Å²) in [6.45, 7) is 0. The smallest absolute Gasteiger partial charge is 0.303 e. The molecule has 3 aromatic rings. The zero-order valence-corrected chi connectivity index (χ0v) is 14.3. The first-order valence-electron chi connectivity index (χ1n) is 7.67. The summed E-state index contributed by atoms with van der Waals surface area (Å²) in [7, 11) is 1.66. The summed E-state index contributed by atoms with van der Waals surface area (Å²) in [4.78, 5) is 29.2. The highest BCUT2D eigenvalue weighted by atomic mass is 35.5. The minimum Gasteiger partial charge on any atom is -0.481 e. The number of imidazole rings is 1. The molecular formula is C18H16ClN3O3. The van der Waals surface area contributed by atoms with Gasteiger partial charge in [0.05, 0.1) is 11.7 Å². The number of halogens is 1. The van der Waals surface area contributed by atoms with Crippen LogP contribution < -0.4 is 4.90 Å². The Balaban J connectivity index is 1.86. The number of aliphatic carboxylic acids is 1. The van der Waals surface area contributed by atoms with E-state index in [0.717, 1.165) is 11.1 Å². The highest BCUT2D eigenvalue weighted by molar-refractivity contribution is 6.30. The molecule has 0 saturated carbocycles. The Morgan fingerprint density at radius 1 is 1.28 bits per heavy atom. The van der Waals surface area contributed by atoms with Crippen LogP contribution in [0.1, 0.15) is 22.6 Å². The number of amides is 1. The summed E-state index contributed by atoms with van der Waals surface area (Å²) < 4.78 is 1.68. The van der Waals surface area contributed by atoms with Gasteiger partial charge in [0.1, 0.15) is 0 Å². The van der Waals surface area contributed by atoms with Gasteiger partial charge in [0, 0.05) is 30.4 Å². The van der Waals surface area contributed by atoms with E-state index in [4.69, 9.17) is 16.7 Å². The highest BCUT2D eigenvalue weighted by Gasteiger charge is 2.19. The molecule has 7 heteroatoms. The number of hydrogen-bond acceptors (Lipinski definition) is 3. The van der Waals surface area contributed by atoms with Gasteiger partial charge in [-0.05, 0) is 36.2 Å². The van der Waals surface area contributed by atoms with Crippen LogP contribution in [0.3, 0.4) is 0 Å². The Hall–Kier alpha value is -2.86. The van der Waals surface area contributed by atoms with Gasteiger partial charge in [0.15, 0.2) is 0 Å². The van der Waals surface area contributed by atoms with Crippen molar-refractivity contribution < 1.29 is 14.7 Å². The molecule has 1 aromatic carbocycles. The Morgan fingerprint density at radius 3 is 2.84 bits per heavy atom. The summed E-state index contributed by atoms with van der Waals surface area (Å²) in [5, 5.41) is 9.38. The van der Waals surface area contributed by atoms with Crippen molar-refractivity contribution >= 4 is 34.7 Å².